The van der Waals surface area contributed by atoms with Crippen LogP contribution in [0.15, 0.2) is 23.4 Å². The summed E-state index contributed by atoms with van der Waals surface area (Å²) in [6.45, 7) is 5.06. The first kappa shape index (κ1) is 18.5. The number of carbonyl (C=O) groups excluding carboxylic acids is 1. The van der Waals surface area contributed by atoms with Crippen LogP contribution in [-0.4, -0.2) is 49.4 Å². The molecular weight excluding hydrogens is 358 g/mol. The van der Waals surface area contributed by atoms with Gasteiger partial charge in [0, 0.05) is 12.6 Å². The Morgan fingerprint density at radius 3 is 2.89 bits per heavy atom. The van der Waals surface area contributed by atoms with Gasteiger partial charge in [-0.1, -0.05) is 36.7 Å². The summed E-state index contributed by atoms with van der Waals surface area (Å²) in [4.78, 5) is 15.1. The van der Waals surface area contributed by atoms with Gasteiger partial charge in [0.25, 0.3) is 0 Å². The van der Waals surface area contributed by atoms with E-state index < -0.39 is 0 Å². The fourth-order valence-electron chi connectivity index (χ4n) is 4.53. The minimum atomic E-state index is 0.229. The average Bonchev–Trinajstić information content (AvgIpc) is 3.16. The molecule has 1 aliphatic heterocycles. The van der Waals surface area contributed by atoms with E-state index in [1.54, 1.807) is 4.68 Å². The van der Waals surface area contributed by atoms with Crippen LogP contribution in [0, 0.1) is 19.8 Å². The summed E-state index contributed by atoms with van der Waals surface area (Å²) in [6, 6.07) is 6.56. The number of nitrogens with zero attached hydrogens (tertiary/aromatic N) is 5. The van der Waals surface area contributed by atoms with Crippen molar-refractivity contribution in [1.29, 1.82) is 0 Å². The molecule has 2 atom stereocenters. The first-order chi connectivity index (χ1) is 13.1. The Balaban J connectivity index is 1.46. The van der Waals surface area contributed by atoms with Crippen LogP contribution in [0.25, 0.3) is 5.69 Å². The van der Waals surface area contributed by atoms with Gasteiger partial charge < -0.3 is 4.90 Å². The van der Waals surface area contributed by atoms with Gasteiger partial charge in [-0.15, -0.1) is 5.10 Å². The fourth-order valence-corrected chi connectivity index (χ4v) is 5.30. The number of aryl methyl sites for hydroxylation is 1. The van der Waals surface area contributed by atoms with Gasteiger partial charge >= 0.3 is 0 Å². The molecule has 0 unspecified atom stereocenters. The quantitative estimate of drug-likeness (QED) is 0.753. The Bertz CT molecular complexity index is 818. The van der Waals surface area contributed by atoms with Gasteiger partial charge in [0.05, 0.1) is 11.4 Å². The molecule has 27 heavy (non-hydrogen) atoms. The van der Waals surface area contributed by atoms with E-state index in [1.807, 2.05) is 12.1 Å². The SMILES string of the molecule is Cc1cccc(-n2nnnc2SCC(=O)N2CCC[C@H]3CCCC[C@H]32)c1C. The number of carbonyl (C=O) groups is 1. The molecule has 6 nitrogen and oxygen atoms in total. The number of hydrogen-bond acceptors (Lipinski definition) is 5. The van der Waals surface area contributed by atoms with Crippen LogP contribution in [0.1, 0.15) is 49.7 Å². The lowest BCUT2D eigenvalue weighted by molar-refractivity contribution is -0.134. The van der Waals surface area contributed by atoms with Crippen LogP contribution in [-0.2, 0) is 4.79 Å². The molecule has 2 fully saturated rings. The zero-order valence-electron chi connectivity index (χ0n) is 16.1. The van der Waals surface area contributed by atoms with Crippen molar-refractivity contribution < 1.29 is 4.79 Å². The molecule has 0 radical (unpaired) electrons. The topological polar surface area (TPSA) is 63.9 Å². The normalized spacial score (nSPS) is 22.5. The van der Waals surface area contributed by atoms with Crippen LogP contribution >= 0.6 is 11.8 Å². The summed E-state index contributed by atoms with van der Waals surface area (Å²) in [5.41, 5.74) is 3.33. The number of thioether (sulfide) groups is 1. The summed E-state index contributed by atoms with van der Waals surface area (Å²) >= 11 is 1.44. The first-order valence-electron chi connectivity index (χ1n) is 9.92. The summed E-state index contributed by atoms with van der Waals surface area (Å²) in [6.07, 6.45) is 7.45. The van der Waals surface area contributed by atoms with Crippen molar-refractivity contribution >= 4 is 17.7 Å². The third-order valence-electron chi connectivity index (χ3n) is 6.13. The van der Waals surface area contributed by atoms with Crippen molar-refractivity contribution in [1.82, 2.24) is 25.1 Å². The van der Waals surface area contributed by atoms with Crippen molar-refractivity contribution in [3.63, 3.8) is 0 Å². The molecule has 1 amide bonds. The Kier molecular flexibility index (Phi) is 5.48. The predicted octanol–water partition coefficient (Wildman–Crippen LogP) is 3.55. The number of likely N-dealkylation sites (tertiary alicyclic amines) is 1. The monoisotopic (exact) mass is 385 g/mol. The summed E-state index contributed by atoms with van der Waals surface area (Å²) < 4.78 is 1.75. The minimum absolute atomic E-state index is 0.229. The zero-order valence-corrected chi connectivity index (χ0v) is 16.9. The standard InChI is InChI=1S/C20H27N5OS/c1-14-7-5-11-17(15(14)2)25-20(21-22-23-25)27-13-19(26)24-12-6-9-16-8-3-4-10-18(16)24/h5,7,11,16,18H,3-4,6,8-10,12-13H2,1-2H3/t16-,18-/m1/s1. The molecule has 2 heterocycles. The van der Waals surface area contributed by atoms with Crippen LogP contribution in [0.4, 0.5) is 0 Å². The van der Waals surface area contributed by atoms with Crippen molar-refractivity contribution in [2.24, 2.45) is 5.92 Å². The van der Waals surface area contributed by atoms with Gasteiger partial charge in [-0.3, -0.25) is 4.79 Å². The van der Waals surface area contributed by atoms with E-state index in [4.69, 9.17) is 0 Å². The molecular formula is C20H27N5OS. The maximum atomic E-state index is 12.9. The molecule has 1 aromatic heterocycles. The van der Waals surface area contributed by atoms with Crippen LogP contribution in [0.3, 0.4) is 0 Å². The average molecular weight is 386 g/mol. The van der Waals surface area contributed by atoms with Gasteiger partial charge in [-0.25, -0.2) is 0 Å². The third kappa shape index (κ3) is 3.74. The fraction of sp³-hybridized carbons (Fsp3) is 0.600. The largest absolute Gasteiger partial charge is 0.339 e. The van der Waals surface area contributed by atoms with E-state index in [2.05, 4.69) is 40.3 Å². The predicted molar refractivity (Wildman–Crippen MR) is 106 cm³/mol. The second kappa shape index (κ2) is 8.00. The Labute approximate surface area is 164 Å². The van der Waals surface area contributed by atoms with Crippen LogP contribution in [0.2, 0.25) is 0 Å². The van der Waals surface area contributed by atoms with Crippen molar-refractivity contribution in [3.05, 3.63) is 29.3 Å². The van der Waals surface area contributed by atoms with Gasteiger partial charge in [0.1, 0.15) is 0 Å². The van der Waals surface area contributed by atoms with Crippen LogP contribution < -0.4 is 0 Å². The van der Waals surface area contributed by atoms with E-state index in [-0.39, 0.29) is 5.91 Å². The van der Waals surface area contributed by atoms with Gasteiger partial charge in [0.2, 0.25) is 11.1 Å². The highest BCUT2D eigenvalue weighted by Crippen LogP contribution is 2.35. The molecule has 7 heteroatoms. The van der Waals surface area contributed by atoms with Gasteiger partial charge in [-0.2, -0.15) is 4.68 Å². The number of amides is 1. The Hall–Kier alpha value is -1.89. The first-order valence-corrected chi connectivity index (χ1v) is 10.9. The molecule has 144 valence electrons. The molecule has 0 N–H and O–H groups in total. The molecule has 2 aliphatic rings. The van der Waals surface area contributed by atoms with Crippen molar-refractivity contribution in [3.8, 4) is 5.69 Å². The Morgan fingerprint density at radius 2 is 2.00 bits per heavy atom. The van der Waals surface area contributed by atoms with E-state index >= 15 is 0 Å². The van der Waals surface area contributed by atoms with Gasteiger partial charge in [0.15, 0.2) is 0 Å². The van der Waals surface area contributed by atoms with E-state index in [0.29, 0.717) is 22.9 Å². The number of fused-ring (bicyclic) bond motifs is 1. The second-order valence-electron chi connectivity index (χ2n) is 7.72. The third-order valence-corrected chi connectivity index (χ3v) is 7.04. The molecule has 1 saturated heterocycles. The molecule has 0 spiro atoms. The van der Waals surface area contributed by atoms with E-state index in [1.165, 1.54) is 49.4 Å². The zero-order chi connectivity index (χ0) is 18.8. The summed E-state index contributed by atoms with van der Waals surface area (Å²) in [5.74, 6) is 1.34. The highest BCUT2D eigenvalue weighted by atomic mass is 32.2. The Morgan fingerprint density at radius 1 is 1.19 bits per heavy atom. The number of hydrogen-bond donors (Lipinski definition) is 0. The lowest BCUT2D eigenvalue weighted by Crippen LogP contribution is -2.50. The summed E-state index contributed by atoms with van der Waals surface area (Å²) in [5, 5.41) is 12.8. The second-order valence-corrected chi connectivity index (χ2v) is 8.66. The minimum Gasteiger partial charge on any atom is -0.339 e. The number of piperidine rings is 1. The maximum Gasteiger partial charge on any atom is 0.233 e. The van der Waals surface area contributed by atoms with E-state index in [0.717, 1.165) is 24.2 Å². The lowest BCUT2D eigenvalue weighted by Gasteiger charge is -2.44. The maximum absolute atomic E-state index is 12.9. The van der Waals surface area contributed by atoms with Crippen LogP contribution in [0.5, 0.6) is 0 Å². The molecule has 1 saturated carbocycles. The smallest absolute Gasteiger partial charge is 0.233 e. The molecule has 1 aliphatic carbocycles. The van der Waals surface area contributed by atoms with E-state index in [9.17, 15) is 4.79 Å². The number of aromatic nitrogens is 4. The molecule has 0 bridgehead atoms. The number of rotatable bonds is 4. The van der Waals surface area contributed by atoms with Crippen molar-refractivity contribution in [2.45, 2.75) is 63.6 Å². The summed E-state index contributed by atoms with van der Waals surface area (Å²) in [7, 11) is 0. The number of benzene rings is 1. The highest BCUT2D eigenvalue weighted by Gasteiger charge is 2.35. The lowest BCUT2D eigenvalue weighted by atomic mass is 9.78. The number of tetrazole rings is 1. The molecule has 4 rings (SSSR count). The highest BCUT2D eigenvalue weighted by molar-refractivity contribution is 7.99. The van der Waals surface area contributed by atoms with Crippen molar-refractivity contribution in [2.75, 3.05) is 12.3 Å². The van der Waals surface area contributed by atoms with Gasteiger partial charge in [-0.05, 0) is 73.1 Å². The molecule has 2 aromatic rings. The molecule has 1 aromatic carbocycles.